The summed E-state index contributed by atoms with van der Waals surface area (Å²) in [6, 6.07) is 34.1. The highest BCUT2D eigenvalue weighted by molar-refractivity contribution is 7.92. The summed E-state index contributed by atoms with van der Waals surface area (Å²) in [7, 11) is -1.23. The molecule has 0 fully saturated rings. The van der Waals surface area contributed by atoms with E-state index in [1.54, 1.807) is 30.3 Å². The molecule has 0 heterocycles. The lowest BCUT2D eigenvalue weighted by Crippen LogP contribution is -2.39. The molecule has 0 unspecified atom stereocenters. The van der Waals surface area contributed by atoms with Gasteiger partial charge in [-0.15, -0.1) is 0 Å². The average molecular weight is 610 g/mol. The highest BCUT2D eigenvalue weighted by atomic mass is 32.2. The summed E-state index contributed by atoms with van der Waals surface area (Å²) in [5.74, 6) is 0.743. The first-order chi connectivity index (χ1) is 21.4. The number of rotatable bonds is 12. The standard InChI is InChI=1S/C34H31N3O6S/c1-41-29-19-20-32(33(21-29)42-2)37(44(39,40)30-12-4-3-5-13-30)23-34(38)36-35-22-25-15-17-28(18-16-25)43-24-27-11-8-10-26-9-6-7-14-31(26)27/h3-22H,23-24H2,1-2H3,(H,36,38)/b35-22-. The zero-order chi connectivity index (χ0) is 30.9. The minimum Gasteiger partial charge on any atom is -0.497 e. The van der Waals surface area contributed by atoms with Gasteiger partial charge in [0.1, 0.15) is 30.4 Å². The quantitative estimate of drug-likeness (QED) is 0.142. The van der Waals surface area contributed by atoms with Gasteiger partial charge in [0.2, 0.25) is 0 Å². The third kappa shape index (κ3) is 6.99. The summed E-state index contributed by atoms with van der Waals surface area (Å²) in [6.07, 6.45) is 1.47. The van der Waals surface area contributed by atoms with Gasteiger partial charge >= 0.3 is 0 Å². The lowest BCUT2D eigenvalue weighted by Gasteiger charge is -2.25. The second-order valence-corrected chi connectivity index (χ2v) is 11.5. The topological polar surface area (TPSA) is 107 Å². The normalized spacial score (nSPS) is 11.3. The highest BCUT2D eigenvalue weighted by Crippen LogP contribution is 2.35. The largest absolute Gasteiger partial charge is 0.497 e. The molecule has 5 aromatic carbocycles. The number of sulfonamides is 1. The first-order valence-corrected chi connectivity index (χ1v) is 15.1. The molecule has 0 spiro atoms. The number of amides is 1. The van der Waals surface area contributed by atoms with Crippen LogP contribution in [0.5, 0.6) is 17.2 Å². The third-order valence-electron chi connectivity index (χ3n) is 6.83. The number of anilines is 1. The molecule has 9 nitrogen and oxygen atoms in total. The molecule has 0 radical (unpaired) electrons. The number of hydrogen-bond acceptors (Lipinski definition) is 7. The molecule has 5 aromatic rings. The number of ether oxygens (including phenoxy) is 3. The SMILES string of the molecule is COc1ccc(N(CC(=O)N/N=C\c2ccc(OCc3cccc4ccccc34)cc2)S(=O)(=O)c2ccccc2)c(OC)c1. The molecule has 0 bridgehead atoms. The maximum Gasteiger partial charge on any atom is 0.264 e. The van der Waals surface area contributed by atoms with Crippen molar-refractivity contribution in [1.29, 1.82) is 0 Å². The summed E-state index contributed by atoms with van der Waals surface area (Å²) in [5.41, 5.74) is 4.40. The predicted octanol–water partition coefficient (Wildman–Crippen LogP) is 5.78. The molecule has 1 N–H and O–H groups in total. The number of nitrogens with zero attached hydrogens (tertiary/aromatic N) is 2. The number of hydrogen-bond donors (Lipinski definition) is 1. The monoisotopic (exact) mass is 609 g/mol. The molecule has 0 aliphatic heterocycles. The second kappa shape index (κ2) is 13.7. The van der Waals surface area contributed by atoms with Gasteiger partial charge in [-0.2, -0.15) is 5.10 Å². The maximum atomic E-state index is 13.6. The van der Waals surface area contributed by atoms with Crippen LogP contribution in [0.25, 0.3) is 10.8 Å². The Bertz CT molecular complexity index is 1870. The number of fused-ring (bicyclic) bond motifs is 1. The molecule has 5 rings (SSSR count). The fraction of sp³-hybridized carbons (Fsp3) is 0.118. The number of methoxy groups -OCH3 is 2. The fourth-order valence-corrected chi connectivity index (χ4v) is 6.04. The van der Waals surface area contributed by atoms with Crippen molar-refractivity contribution in [2.24, 2.45) is 5.10 Å². The molecular formula is C34H31N3O6S. The van der Waals surface area contributed by atoms with E-state index in [0.29, 0.717) is 23.7 Å². The molecule has 224 valence electrons. The van der Waals surface area contributed by atoms with Crippen LogP contribution in [-0.4, -0.2) is 41.3 Å². The van der Waals surface area contributed by atoms with Crippen LogP contribution >= 0.6 is 0 Å². The lowest BCUT2D eigenvalue weighted by molar-refractivity contribution is -0.119. The number of benzene rings is 5. The zero-order valence-electron chi connectivity index (χ0n) is 24.2. The predicted molar refractivity (Wildman–Crippen MR) is 171 cm³/mol. The van der Waals surface area contributed by atoms with Gasteiger partial charge in [0.25, 0.3) is 15.9 Å². The molecule has 1 amide bonds. The van der Waals surface area contributed by atoms with Crippen molar-refractivity contribution in [3.63, 3.8) is 0 Å². The Hall–Kier alpha value is -5.35. The van der Waals surface area contributed by atoms with Crippen LogP contribution < -0.4 is 23.9 Å². The van der Waals surface area contributed by atoms with Crippen molar-refractivity contribution in [3.05, 3.63) is 126 Å². The van der Waals surface area contributed by atoms with Gasteiger partial charge in [0, 0.05) is 6.07 Å². The third-order valence-corrected chi connectivity index (χ3v) is 8.61. The molecule has 10 heteroatoms. The Morgan fingerprint density at radius 2 is 1.52 bits per heavy atom. The second-order valence-electron chi connectivity index (χ2n) is 9.65. The minimum atomic E-state index is -4.14. The Kier molecular flexibility index (Phi) is 9.41. The van der Waals surface area contributed by atoms with E-state index in [2.05, 4.69) is 28.7 Å². The van der Waals surface area contributed by atoms with Crippen LogP contribution in [-0.2, 0) is 21.4 Å². The van der Waals surface area contributed by atoms with E-state index in [1.165, 1.54) is 38.6 Å². The molecule has 44 heavy (non-hydrogen) atoms. The Morgan fingerprint density at radius 3 is 2.27 bits per heavy atom. The number of nitrogens with one attached hydrogen (secondary N) is 1. The molecule has 0 aromatic heterocycles. The molecule has 0 saturated carbocycles. The number of carbonyl (C=O) groups is 1. The van der Waals surface area contributed by atoms with E-state index in [0.717, 1.165) is 20.6 Å². The van der Waals surface area contributed by atoms with Gasteiger partial charge < -0.3 is 14.2 Å². The molecule has 0 saturated heterocycles. The first-order valence-electron chi connectivity index (χ1n) is 13.7. The fourth-order valence-electron chi connectivity index (χ4n) is 4.58. The Labute approximate surface area is 256 Å². The summed E-state index contributed by atoms with van der Waals surface area (Å²) in [6.45, 7) is -0.121. The molecular weight excluding hydrogens is 578 g/mol. The summed E-state index contributed by atoms with van der Waals surface area (Å²) in [4.78, 5) is 13.0. The van der Waals surface area contributed by atoms with Gasteiger partial charge in [-0.1, -0.05) is 60.7 Å². The van der Waals surface area contributed by atoms with E-state index >= 15 is 0 Å². The van der Waals surface area contributed by atoms with E-state index in [4.69, 9.17) is 14.2 Å². The van der Waals surface area contributed by atoms with Gasteiger partial charge in [0.05, 0.1) is 31.0 Å². The van der Waals surface area contributed by atoms with Crippen LogP contribution in [0.3, 0.4) is 0 Å². The van der Waals surface area contributed by atoms with Gasteiger partial charge in [-0.05, 0) is 70.4 Å². The smallest absolute Gasteiger partial charge is 0.264 e. The maximum absolute atomic E-state index is 13.6. The van der Waals surface area contributed by atoms with Crippen molar-refractivity contribution in [3.8, 4) is 17.2 Å². The first kappa shape index (κ1) is 30.1. The van der Waals surface area contributed by atoms with Crippen molar-refractivity contribution in [2.45, 2.75) is 11.5 Å². The van der Waals surface area contributed by atoms with E-state index in [9.17, 15) is 13.2 Å². The van der Waals surface area contributed by atoms with Gasteiger partial charge in [0.15, 0.2) is 0 Å². The number of carbonyl (C=O) groups excluding carboxylic acids is 1. The number of hydrazone groups is 1. The zero-order valence-corrected chi connectivity index (χ0v) is 25.0. The van der Waals surface area contributed by atoms with Crippen LogP contribution in [0.4, 0.5) is 5.69 Å². The van der Waals surface area contributed by atoms with Crippen LogP contribution in [0.15, 0.2) is 125 Å². The average Bonchev–Trinajstić information content (AvgIpc) is 3.07. The van der Waals surface area contributed by atoms with Crippen LogP contribution in [0, 0.1) is 0 Å². The van der Waals surface area contributed by atoms with E-state index < -0.39 is 22.5 Å². The lowest BCUT2D eigenvalue weighted by atomic mass is 10.1. The van der Waals surface area contributed by atoms with Crippen molar-refractivity contribution < 1.29 is 27.4 Å². The molecule has 0 aliphatic carbocycles. The Balaban J connectivity index is 1.26. The van der Waals surface area contributed by atoms with Crippen molar-refractivity contribution in [1.82, 2.24) is 5.43 Å². The Morgan fingerprint density at radius 1 is 0.818 bits per heavy atom. The summed E-state index contributed by atoms with van der Waals surface area (Å²) >= 11 is 0. The van der Waals surface area contributed by atoms with Gasteiger partial charge in [-0.3, -0.25) is 9.10 Å². The van der Waals surface area contributed by atoms with Gasteiger partial charge in [-0.25, -0.2) is 13.8 Å². The molecule has 0 atom stereocenters. The van der Waals surface area contributed by atoms with Crippen LogP contribution in [0.1, 0.15) is 11.1 Å². The minimum absolute atomic E-state index is 0.0249. The summed E-state index contributed by atoms with van der Waals surface area (Å²) < 4.78 is 44.9. The van der Waals surface area contributed by atoms with E-state index in [-0.39, 0.29) is 16.3 Å². The molecule has 0 aliphatic rings. The van der Waals surface area contributed by atoms with Crippen LogP contribution in [0.2, 0.25) is 0 Å². The summed E-state index contributed by atoms with van der Waals surface area (Å²) in [5, 5.41) is 6.34. The van der Waals surface area contributed by atoms with Crippen molar-refractivity contribution >= 4 is 38.6 Å². The van der Waals surface area contributed by atoms with Crippen molar-refractivity contribution in [2.75, 3.05) is 25.1 Å². The van der Waals surface area contributed by atoms with E-state index in [1.807, 2.05) is 48.5 Å². The highest BCUT2D eigenvalue weighted by Gasteiger charge is 2.29.